The number of halogens is 1. The lowest BCUT2D eigenvalue weighted by molar-refractivity contribution is 0.176. The number of benzene rings is 1. The Kier molecular flexibility index (Phi) is 4.21. The molecule has 0 aliphatic carbocycles. The standard InChI is InChI=1S/C19H20FN5O/c1-25(16-9-12-3-4-15(22-12)19(16)20)18-7-5-14(23-24-18)13-8-11(10-21)2-6-17(13)26/h2,5-8,12,15-16,19,22,26H,3-4,9H2,1H3/t12-,15+,16-,19+/m1/s1. The van der Waals surface area contributed by atoms with E-state index in [9.17, 15) is 9.50 Å². The number of phenols is 1. The second-order valence-corrected chi connectivity index (χ2v) is 7.03. The summed E-state index contributed by atoms with van der Waals surface area (Å²) in [5.74, 6) is 0.636. The van der Waals surface area contributed by atoms with Crippen LogP contribution >= 0.6 is 0 Å². The highest BCUT2D eigenvalue weighted by molar-refractivity contribution is 5.68. The molecule has 4 atom stereocenters. The van der Waals surface area contributed by atoms with Crippen LogP contribution in [-0.2, 0) is 0 Å². The van der Waals surface area contributed by atoms with E-state index in [0.717, 1.165) is 19.3 Å². The largest absolute Gasteiger partial charge is 0.507 e. The van der Waals surface area contributed by atoms with Crippen molar-refractivity contribution in [2.75, 3.05) is 11.9 Å². The van der Waals surface area contributed by atoms with Crippen molar-refractivity contribution in [3.63, 3.8) is 0 Å². The predicted octanol–water partition coefficient (Wildman–Crippen LogP) is 2.39. The average Bonchev–Trinajstić information content (AvgIpc) is 3.08. The van der Waals surface area contributed by atoms with Gasteiger partial charge >= 0.3 is 0 Å². The van der Waals surface area contributed by atoms with E-state index in [4.69, 9.17) is 5.26 Å². The van der Waals surface area contributed by atoms with Gasteiger partial charge in [0.25, 0.3) is 0 Å². The summed E-state index contributed by atoms with van der Waals surface area (Å²) in [7, 11) is 1.85. The fourth-order valence-corrected chi connectivity index (χ4v) is 3.99. The Morgan fingerprint density at radius 2 is 2.12 bits per heavy atom. The number of hydrogen-bond donors (Lipinski definition) is 2. The summed E-state index contributed by atoms with van der Waals surface area (Å²) in [6.45, 7) is 0. The number of phenolic OH excluding ortho intramolecular Hbond substituents is 1. The van der Waals surface area contributed by atoms with Crippen molar-refractivity contribution < 1.29 is 9.50 Å². The molecule has 6 nitrogen and oxygen atoms in total. The second-order valence-electron chi connectivity index (χ2n) is 7.03. The smallest absolute Gasteiger partial charge is 0.151 e. The van der Waals surface area contributed by atoms with E-state index in [1.54, 1.807) is 24.3 Å². The molecule has 1 aromatic heterocycles. The predicted molar refractivity (Wildman–Crippen MR) is 95.5 cm³/mol. The molecule has 1 aromatic carbocycles. The third-order valence-electron chi connectivity index (χ3n) is 5.46. The minimum Gasteiger partial charge on any atom is -0.507 e. The van der Waals surface area contributed by atoms with Gasteiger partial charge in [-0.05, 0) is 49.6 Å². The van der Waals surface area contributed by atoms with Gasteiger partial charge in [-0.3, -0.25) is 0 Å². The molecule has 26 heavy (non-hydrogen) atoms. The topological polar surface area (TPSA) is 85.1 Å². The zero-order valence-electron chi connectivity index (χ0n) is 14.4. The number of piperidine rings is 1. The number of fused-ring (bicyclic) bond motifs is 2. The van der Waals surface area contributed by atoms with Crippen molar-refractivity contribution in [2.24, 2.45) is 0 Å². The van der Waals surface area contributed by atoms with E-state index < -0.39 is 6.17 Å². The molecule has 2 aliphatic heterocycles. The Morgan fingerprint density at radius 3 is 2.85 bits per heavy atom. The third-order valence-corrected chi connectivity index (χ3v) is 5.46. The first kappa shape index (κ1) is 16.7. The number of anilines is 1. The normalized spacial score (nSPS) is 27.1. The number of nitrogens with zero attached hydrogens (tertiary/aromatic N) is 4. The molecule has 0 amide bonds. The summed E-state index contributed by atoms with van der Waals surface area (Å²) in [6, 6.07) is 10.2. The summed E-state index contributed by atoms with van der Waals surface area (Å²) in [5.41, 5.74) is 1.36. The molecule has 0 spiro atoms. The molecule has 2 aliphatic rings. The number of aromatic nitrogens is 2. The quantitative estimate of drug-likeness (QED) is 0.881. The Morgan fingerprint density at radius 1 is 1.27 bits per heavy atom. The van der Waals surface area contributed by atoms with E-state index in [0.29, 0.717) is 28.7 Å². The van der Waals surface area contributed by atoms with Crippen molar-refractivity contribution in [3.8, 4) is 23.1 Å². The molecule has 4 rings (SSSR count). The SMILES string of the molecule is CN(c1ccc(-c2cc(C#N)ccc2O)nn1)[C@@H]1C[C@H]2CC[C@H](N2)[C@@H]1F. The highest BCUT2D eigenvalue weighted by Crippen LogP contribution is 2.34. The maximum absolute atomic E-state index is 14.7. The molecule has 7 heteroatoms. The van der Waals surface area contributed by atoms with E-state index >= 15 is 0 Å². The summed E-state index contributed by atoms with van der Waals surface area (Å²) >= 11 is 0. The second kappa shape index (κ2) is 6.54. The Labute approximate surface area is 151 Å². The number of aromatic hydroxyl groups is 1. The first-order chi connectivity index (χ1) is 12.6. The van der Waals surface area contributed by atoms with Crippen LogP contribution < -0.4 is 10.2 Å². The van der Waals surface area contributed by atoms with Crippen molar-refractivity contribution in [2.45, 2.75) is 43.6 Å². The van der Waals surface area contributed by atoms with Crippen LogP contribution in [-0.4, -0.2) is 46.6 Å². The van der Waals surface area contributed by atoms with Crippen LogP contribution in [0.15, 0.2) is 30.3 Å². The highest BCUT2D eigenvalue weighted by atomic mass is 19.1. The zero-order valence-corrected chi connectivity index (χ0v) is 14.4. The monoisotopic (exact) mass is 353 g/mol. The number of nitriles is 1. The van der Waals surface area contributed by atoms with E-state index in [1.807, 2.05) is 18.0 Å². The van der Waals surface area contributed by atoms with Gasteiger partial charge in [0.2, 0.25) is 0 Å². The van der Waals surface area contributed by atoms with Crippen molar-refractivity contribution >= 4 is 5.82 Å². The molecule has 3 heterocycles. The maximum atomic E-state index is 14.7. The molecule has 0 saturated carbocycles. The summed E-state index contributed by atoms with van der Waals surface area (Å²) in [5, 5.41) is 30.8. The lowest BCUT2D eigenvalue weighted by atomic mass is 9.96. The van der Waals surface area contributed by atoms with Gasteiger partial charge in [-0.1, -0.05) is 0 Å². The van der Waals surface area contributed by atoms with E-state index in [2.05, 4.69) is 15.5 Å². The molecule has 0 unspecified atom stereocenters. The first-order valence-corrected chi connectivity index (χ1v) is 8.77. The van der Waals surface area contributed by atoms with Gasteiger partial charge in [-0.25, -0.2) is 4.39 Å². The Balaban J connectivity index is 1.57. The van der Waals surface area contributed by atoms with Crippen LogP contribution in [0.2, 0.25) is 0 Å². The van der Waals surface area contributed by atoms with Crippen LogP contribution in [0.5, 0.6) is 5.75 Å². The van der Waals surface area contributed by atoms with Crippen LogP contribution in [0.4, 0.5) is 10.2 Å². The van der Waals surface area contributed by atoms with Crippen molar-refractivity contribution in [1.29, 1.82) is 5.26 Å². The van der Waals surface area contributed by atoms with Gasteiger partial charge in [0.05, 0.1) is 23.4 Å². The Bertz CT molecular complexity index is 850. The van der Waals surface area contributed by atoms with E-state index in [-0.39, 0.29) is 17.8 Å². The number of nitrogens with one attached hydrogen (secondary N) is 1. The summed E-state index contributed by atoms with van der Waals surface area (Å²) < 4.78 is 14.7. The van der Waals surface area contributed by atoms with Gasteiger partial charge in [-0.15, -0.1) is 10.2 Å². The number of rotatable bonds is 3. The summed E-state index contributed by atoms with van der Waals surface area (Å²) in [6.07, 6.45) is 1.73. The number of hydrogen-bond acceptors (Lipinski definition) is 6. The lowest BCUT2D eigenvalue weighted by Gasteiger charge is -2.38. The molecular weight excluding hydrogens is 333 g/mol. The van der Waals surface area contributed by atoms with Gasteiger partial charge in [0, 0.05) is 24.7 Å². The molecule has 2 fully saturated rings. The zero-order chi connectivity index (χ0) is 18.3. The molecule has 134 valence electrons. The van der Waals surface area contributed by atoms with Crippen LogP contribution in [0.3, 0.4) is 0 Å². The molecule has 2 aromatic rings. The van der Waals surface area contributed by atoms with Gasteiger partial charge in [0.1, 0.15) is 11.9 Å². The third kappa shape index (κ3) is 2.86. The molecule has 2 N–H and O–H groups in total. The fraction of sp³-hybridized carbons (Fsp3) is 0.421. The molecule has 2 saturated heterocycles. The highest BCUT2D eigenvalue weighted by Gasteiger charge is 2.43. The molecule has 0 radical (unpaired) electrons. The lowest BCUT2D eigenvalue weighted by Crippen LogP contribution is -2.55. The first-order valence-electron chi connectivity index (χ1n) is 8.77. The van der Waals surface area contributed by atoms with Crippen LogP contribution in [0, 0.1) is 11.3 Å². The fourth-order valence-electron chi connectivity index (χ4n) is 3.99. The molecular formula is C19H20FN5O. The van der Waals surface area contributed by atoms with Crippen LogP contribution in [0.25, 0.3) is 11.3 Å². The van der Waals surface area contributed by atoms with Gasteiger partial charge < -0.3 is 15.3 Å². The minimum absolute atomic E-state index is 0.0400. The maximum Gasteiger partial charge on any atom is 0.151 e. The van der Waals surface area contributed by atoms with E-state index in [1.165, 1.54) is 6.07 Å². The molecule has 2 bridgehead atoms. The van der Waals surface area contributed by atoms with Crippen LogP contribution in [0.1, 0.15) is 24.8 Å². The van der Waals surface area contributed by atoms with Gasteiger partial charge in [0.15, 0.2) is 5.82 Å². The van der Waals surface area contributed by atoms with Gasteiger partial charge in [-0.2, -0.15) is 5.26 Å². The van der Waals surface area contributed by atoms with Crippen molar-refractivity contribution in [3.05, 3.63) is 35.9 Å². The Hall–Kier alpha value is -2.72. The summed E-state index contributed by atoms with van der Waals surface area (Å²) in [4.78, 5) is 1.86. The number of alkyl halides is 1. The van der Waals surface area contributed by atoms with Crippen molar-refractivity contribution in [1.82, 2.24) is 15.5 Å². The minimum atomic E-state index is -0.934. The average molecular weight is 353 g/mol.